The van der Waals surface area contributed by atoms with Crippen molar-refractivity contribution >= 4 is 17.7 Å². The van der Waals surface area contributed by atoms with Crippen LogP contribution in [0.2, 0.25) is 0 Å². The Balaban J connectivity index is 1.92. The molecule has 1 unspecified atom stereocenters. The Bertz CT molecular complexity index is 979. The highest BCUT2D eigenvalue weighted by molar-refractivity contribution is 6.00. The molecule has 0 bridgehead atoms. The molecule has 0 spiro atoms. The summed E-state index contributed by atoms with van der Waals surface area (Å²) >= 11 is 0. The lowest BCUT2D eigenvalue weighted by molar-refractivity contribution is -0.117. The fourth-order valence-corrected chi connectivity index (χ4v) is 2.90. The summed E-state index contributed by atoms with van der Waals surface area (Å²) in [5.41, 5.74) is 1.11. The standard InChI is InChI=1S/C21H20O8/c1-11(22)14-7-8-15(25-2)19(27-4)18(14)29-20(23)13-6-5-12(16(10-13)26-3)9-17-21(24)28-17/h5-8,10,17H,9H2,1-4H3. The van der Waals surface area contributed by atoms with Crippen LogP contribution in [0.5, 0.6) is 23.0 Å². The maximum Gasteiger partial charge on any atom is 0.348 e. The van der Waals surface area contributed by atoms with Crippen molar-refractivity contribution in [2.45, 2.75) is 19.4 Å². The molecule has 8 nitrogen and oxygen atoms in total. The molecule has 3 rings (SSSR count). The number of Topliss-reactive ketones (excluding diaryl/α,β-unsaturated/α-hetero) is 1. The van der Waals surface area contributed by atoms with Crippen LogP contribution in [0, 0.1) is 0 Å². The number of ketones is 1. The van der Waals surface area contributed by atoms with Gasteiger partial charge in [-0.25, -0.2) is 9.59 Å². The molecule has 8 heteroatoms. The molecule has 1 saturated heterocycles. The average Bonchev–Trinajstić information content (AvgIpc) is 3.41. The number of hydrogen-bond donors (Lipinski definition) is 0. The predicted octanol–water partition coefficient (Wildman–Crippen LogP) is 2.60. The van der Waals surface area contributed by atoms with Crippen LogP contribution in [0.15, 0.2) is 30.3 Å². The van der Waals surface area contributed by atoms with Gasteiger partial charge in [0.15, 0.2) is 17.3 Å². The molecule has 0 amide bonds. The van der Waals surface area contributed by atoms with Crippen molar-refractivity contribution in [3.63, 3.8) is 0 Å². The van der Waals surface area contributed by atoms with E-state index >= 15 is 0 Å². The van der Waals surface area contributed by atoms with E-state index in [2.05, 4.69) is 0 Å². The maximum atomic E-state index is 12.8. The summed E-state index contributed by atoms with van der Waals surface area (Å²) in [7, 11) is 4.29. The highest BCUT2D eigenvalue weighted by atomic mass is 16.6. The number of esters is 1. The van der Waals surface area contributed by atoms with Crippen LogP contribution in [-0.2, 0) is 16.0 Å². The van der Waals surface area contributed by atoms with E-state index in [0.717, 1.165) is 5.56 Å². The number of carbonyl (C=O) groups is 3. The number of cyclic esters (lactones) is 1. The first-order valence-corrected chi connectivity index (χ1v) is 8.75. The monoisotopic (exact) mass is 400 g/mol. The first-order valence-electron chi connectivity index (χ1n) is 8.75. The summed E-state index contributed by atoms with van der Waals surface area (Å²) in [6.07, 6.45) is -0.115. The minimum Gasteiger partial charge on any atom is -0.496 e. The van der Waals surface area contributed by atoms with Crippen molar-refractivity contribution < 1.29 is 38.1 Å². The average molecular weight is 400 g/mol. The predicted molar refractivity (Wildman–Crippen MR) is 101 cm³/mol. The van der Waals surface area contributed by atoms with Crippen molar-refractivity contribution in [3.05, 3.63) is 47.0 Å². The van der Waals surface area contributed by atoms with Gasteiger partial charge in [0.2, 0.25) is 11.9 Å². The smallest absolute Gasteiger partial charge is 0.348 e. The molecule has 1 atom stereocenters. The van der Waals surface area contributed by atoms with E-state index in [4.69, 9.17) is 23.7 Å². The van der Waals surface area contributed by atoms with Gasteiger partial charge in [0.1, 0.15) is 5.75 Å². The molecule has 1 aliphatic rings. The number of hydrogen-bond acceptors (Lipinski definition) is 8. The number of epoxide rings is 1. The van der Waals surface area contributed by atoms with Crippen molar-refractivity contribution in [3.8, 4) is 23.0 Å². The summed E-state index contributed by atoms with van der Waals surface area (Å²) in [5.74, 6) is -0.406. The SMILES string of the molecule is COc1cc(C(=O)Oc2c(C(C)=O)ccc(OC)c2OC)ccc1CC1OC1=O. The lowest BCUT2D eigenvalue weighted by Crippen LogP contribution is -2.13. The van der Waals surface area contributed by atoms with E-state index in [-0.39, 0.29) is 34.4 Å². The van der Waals surface area contributed by atoms with E-state index in [1.807, 2.05) is 0 Å². The van der Waals surface area contributed by atoms with Crippen molar-refractivity contribution in [2.24, 2.45) is 0 Å². The molecule has 0 aromatic heterocycles. The molecule has 0 radical (unpaired) electrons. The number of ether oxygens (including phenoxy) is 5. The first-order chi connectivity index (χ1) is 13.9. The largest absolute Gasteiger partial charge is 0.496 e. The van der Waals surface area contributed by atoms with E-state index in [9.17, 15) is 14.4 Å². The second kappa shape index (κ2) is 8.22. The zero-order valence-corrected chi connectivity index (χ0v) is 16.4. The summed E-state index contributed by atoms with van der Waals surface area (Å²) in [6, 6.07) is 7.78. The minimum absolute atomic E-state index is 0.0237. The Morgan fingerprint density at radius 3 is 2.21 bits per heavy atom. The Morgan fingerprint density at radius 1 is 0.966 bits per heavy atom. The third kappa shape index (κ3) is 4.16. The second-order valence-electron chi connectivity index (χ2n) is 6.28. The quantitative estimate of drug-likeness (QED) is 0.288. The van der Waals surface area contributed by atoms with Gasteiger partial charge in [0.25, 0.3) is 0 Å². The van der Waals surface area contributed by atoms with Crippen LogP contribution < -0.4 is 18.9 Å². The highest BCUT2D eigenvalue weighted by Gasteiger charge is 2.38. The van der Waals surface area contributed by atoms with Crippen LogP contribution in [0.25, 0.3) is 0 Å². The Labute approximate surface area is 167 Å². The van der Waals surface area contributed by atoms with E-state index in [1.54, 1.807) is 18.2 Å². The normalized spacial score (nSPS) is 14.6. The van der Waals surface area contributed by atoms with Gasteiger partial charge in [-0.05, 0) is 36.8 Å². The Kier molecular flexibility index (Phi) is 5.72. The molecule has 2 aromatic carbocycles. The third-order valence-electron chi connectivity index (χ3n) is 4.47. The molecule has 152 valence electrons. The molecule has 2 aromatic rings. The number of benzene rings is 2. The van der Waals surface area contributed by atoms with E-state index in [0.29, 0.717) is 17.9 Å². The van der Waals surface area contributed by atoms with Gasteiger partial charge in [-0.2, -0.15) is 0 Å². The highest BCUT2D eigenvalue weighted by Crippen LogP contribution is 2.40. The molecular formula is C21H20O8. The lowest BCUT2D eigenvalue weighted by atomic mass is 10.1. The Morgan fingerprint density at radius 2 is 1.66 bits per heavy atom. The van der Waals surface area contributed by atoms with E-state index < -0.39 is 12.1 Å². The number of rotatable bonds is 8. The molecule has 0 saturated carbocycles. The fraction of sp³-hybridized carbons (Fsp3) is 0.286. The van der Waals surface area contributed by atoms with Gasteiger partial charge in [-0.3, -0.25) is 4.79 Å². The number of methoxy groups -OCH3 is 3. The van der Waals surface area contributed by atoms with Crippen LogP contribution in [-0.4, -0.2) is 45.2 Å². The molecule has 1 fully saturated rings. The molecule has 0 N–H and O–H groups in total. The lowest BCUT2D eigenvalue weighted by Gasteiger charge is -2.16. The van der Waals surface area contributed by atoms with Crippen LogP contribution in [0.4, 0.5) is 0 Å². The summed E-state index contributed by atoms with van der Waals surface area (Å²) in [4.78, 5) is 35.8. The maximum absolute atomic E-state index is 12.8. The molecular weight excluding hydrogens is 380 g/mol. The van der Waals surface area contributed by atoms with Gasteiger partial charge in [-0.15, -0.1) is 0 Å². The van der Waals surface area contributed by atoms with Crippen LogP contribution in [0.1, 0.15) is 33.2 Å². The fourth-order valence-electron chi connectivity index (χ4n) is 2.90. The summed E-state index contributed by atoms with van der Waals surface area (Å²) < 4.78 is 26.2. The second-order valence-corrected chi connectivity index (χ2v) is 6.28. The minimum atomic E-state index is -0.706. The van der Waals surface area contributed by atoms with Gasteiger partial charge in [-0.1, -0.05) is 6.07 Å². The first kappa shape index (κ1) is 20.2. The number of carbonyl (C=O) groups excluding carboxylic acids is 3. The van der Waals surface area contributed by atoms with Crippen LogP contribution >= 0.6 is 0 Å². The molecule has 29 heavy (non-hydrogen) atoms. The third-order valence-corrected chi connectivity index (χ3v) is 4.47. The van der Waals surface area contributed by atoms with Crippen LogP contribution in [0.3, 0.4) is 0 Å². The van der Waals surface area contributed by atoms with Crippen molar-refractivity contribution in [2.75, 3.05) is 21.3 Å². The van der Waals surface area contributed by atoms with E-state index in [1.165, 1.54) is 40.4 Å². The molecule has 0 aliphatic carbocycles. The Hall–Kier alpha value is -3.55. The topological polar surface area (TPSA) is 101 Å². The van der Waals surface area contributed by atoms with Gasteiger partial charge in [0.05, 0.1) is 32.5 Å². The van der Waals surface area contributed by atoms with Gasteiger partial charge >= 0.3 is 11.9 Å². The van der Waals surface area contributed by atoms with Crippen molar-refractivity contribution in [1.82, 2.24) is 0 Å². The van der Waals surface area contributed by atoms with Gasteiger partial charge < -0.3 is 23.7 Å². The van der Waals surface area contributed by atoms with Crippen molar-refractivity contribution in [1.29, 1.82) is 0 Å². The molecule has 1 aliphatic heterocycles. The summed E-state index contributed by atoms with van der Waals surface area (Å²) in [6.45, 7) is 1.36. The molecule has 1 heterocycles. The van der Waals surface area contributed by atoms with Gasteiger partial charge in [0, 0.05) is 6.42 Å². The summed E-state index contributed by atoms with van der Waals surface area (Å²) in [5, 5.41) is 0. The zero-order chi connectivity index (χ0) is 21.1. The zero-order valence-electron chi connectivity index (χ0n) is 16.4.